The average Bonchev–Trinajstić information content (AvgIpc) is 3.47. The summed E-state index contributed by atoms with van der Waals surface area (Å²) >= 11 is 0. The van der Waals surface area contributed by atoms with Crippen LogP contribution in [0.25, 0.3) is 0 Å². The molecular weight excluding hydrogens is 308 g/mol. The molecule has 0 N–H and O–H groups in total. The van der Waals surface area contributed by atoms with Gasteiger partial charge in [0.25, 0.3) is 0 Å². The molecule has 3 nitrogen and oxygen atoms in total. The molecule has 2 unspecified atom stereocenters. The van der Waals surface area contributed by atoms with Gasteiger partial charge in [-0.15, -0.1) is 0 Å². The Morgan fingerprint density at radius 3 is 2.52 bits per heavy atom. The quantitative estimate of drug-likeness (QED) is 0.569. The topological polar surface area (TPSA) is 24.6 Å². The van der Waals surface area contributed by atoms with Gasteiger partial charge in [0.05, 0.1) is 18.8 Å². The average molecular weight is 334 g/mol. The van der Waals surface area contributed by atoms with E-state index >= 15 is 0 Å². The van der Waals surface area contributed by atoms with Crippen molar-refractivity contribution in [3.05, 3.63) is 71.8 Å². The lowest BCUT2D eigenvalue weighted by Crippen LogP contribution is -2.38. The van der Waals surface area contributed by atoms with Crippen molar-refractivity contribution in [2.75, 3.05) is 13.2 Å². The minimum absolute atomic E-state index is 0.197. The minimum Gasteiger partial charge on any atom is -0.369 e. The predicted molar refractivity (Wildman–Crippen MR) is 102 cm³/mol. The van der Waals surface area contributed by atoms with Crippen molar-refractivity contribution in [2.24, 2.45) is 5.10 Å². The van der Waals surface area contributed by atoms with Crippen LogP contribution in [0.1, 0.15) is 42.9 Å². The molecule has 0 spiro atoms. The fourth-order valence-corrected chi connectivity index (χ4v) is 3.63. The van der Waals surface area contributed by atoms with E-state index in [0.29, 0.717) is 6.04 Å². The molecular formula is C22H26N2O. The molecule has 2 fully saturated rings. The predicted octanol–water partition coefficient (Wildman–Crippen LogP) is 4.60. The molecule has 25 heavy (non-hydrogen) atoms. The van der Waals surface area contributed by atoms with Gasteiger partial charge in [0.1, 0.15) is 5.60 Å². The monoisotopic (exact) mass is 334 g/mol. The zero-order chi connectivity index (χ0) is 17.0. The van der Waals surface area contributed by atoms with Gasteiger partial charge < -0.3 is 4.74 Å². The molecule has 130 valence electrons. The molecule has 2 heterocycles. The molecule has 2 aromatic rings. The van der Waals surface area contributed by atoms with E-state index in [0.717, 1.165) is 38.8 Å². The maximum absolute atomic E-state index is 6.23. The van der Waals surface area contributed by atoms with E-state index in [1.807, 2.05) is 0 Å². The van der Waals surface area contributed by atoms with Crippen molar-refractivity contribution >= 4 is 6.21 Å². The smallest absolute Gasteiger partial charge is 0.105 e. The normalized spacial score (nSPS) is 26.1. The van der Waals surface area contributed by atoms with E-state index in [4.69, 9.17) is 9.84 Å². The second-order valence-electron chi connectivity index (χ2n) is 7.15. The van der Waals surface area contributed by atoms with Crippen LogP contribution in [0.4, 0.5) is 0 Å². The van der Waals surface area contributed by atoms with Gasteiger partial charge in [-0.1, -0.05) is 60.7 Å². The van der Waals surface area contributed by atoms with Crippen LogP contribution in [-0.2, 0) is 11.2 Å². The first-order valence-corrected chi connectivity index (χ1v) is 9.39. The Morgan fingerprint density at radius 2 is 1.80 bits per heavy atom. The fourth-order valence-electron chi connectivity index (χ4n) is 3.63. The molecule has 0 bridgehead atoms. The summed E-state index contributed by atoms with van der Waals surface area (Å²) < 4.78 is 6.23. The van der Waals surface area contributed by atoms with Gasteiger partial charge in [-0.05, 0) is 43.2 Å². The molecule has 2 atom stereocenters. The first-order valence-electron chi connectivity index (χ1n) is 9.39. The Kier molecular flexibility index (Phi) is 4.84. The lowest BCUT2D eigenvalue weighted by molar-refractivity contribution is -0.0302. The van der Waals surface area contributed by atoms with Crippen LogP contribution in [0.5, 0.6) is 0 Å². The maximum atomic E-state index is 6.23. The first kappa shape index (κ1) is 16.3. The highest BCUT2D eigenvalue weighted by Gasteiger charge is 2.36. The number of benzene rings is 2. The molecule has 0 aromatic heterocycles. The molecule has 0 saturated carbocycles. The van der Waals surface area contributed by atoms with Gasteiger partial charge >= 0.3 is 0 Å². The van der Waals surface area contributed by atoms with Crippen molar-refractivity contribution in [2.45, 2.75) is 43.7 Å². The number of rotatable bonds is 6. The van der Waals surface area contributed by atoms with Crippen LogP contribution in [-0.4, -0.2) is 30.0 Å². The SMILES string of the molecule is C(=N\N1CC1c1ccccc1)/C1(CCc2ccccc2)CCCCO1. The number of ether oxygens (including phenoxy) is 1. The highest BCUT2D eigenvalue weighted by molar-refractivity contribution is 5.69. The number of aryl methyl sites for hydroxylation is 1. The number of hydrogen-bond acceptors (Lipinski definition) is 3. The minimum atomic E-state index is -0.197. The van der Waals surface area contributed by atoms with Crippen LogP contribution in [0.2, 0.25) is 0 Å². The first-order chi connectivity index (χ1) is 12.3. The highest BCUT2D eigenvalue weighted by atomic mass is 16.5. The Balaban J connectivity index is 1.41. The standard InChI is InChI=1S/C22H26N2O/c1-3-9-19(10-4-1)13-15-22(14-7-8-16-25-22)18-23-24-17-21(24)20-11-5-2-6-12-20/h1-6,9-12,18,21H,7-8,13-17H2/b23-18+. The molecule has 3 heteroatoms. The van der Waals surface area contributed by atoms with Gasteiger partial charge in [0.2, 0.25) is 0 Å². The summed E-state index contributed by atoms with van der Waals surface area (Å²) in [7, 11) is 0. The summed E-state index contributed by atoms with van der Waals surface area (Å²) in [6.45, 7) is 1.86. The van der Waals surface area contributed by atoms with Crippen LogP contribution >= 0.6 is 0 Å². The van der Waals surface area contributed by atoms with Gasteiger partial charge in [-0.25, -0.2) is 0 Å². The molecule has 2 aliphatic heterocycles. The number of hydrazone groups is 1. The third kappa shape index (κ3) is 4.10. The Labute approximate surface area is 150 Å². The van der Waals surface area contributed by atoms with Crippen LogP contribution in [0, 0.1) is 0 Å². The highest BCUT2D eigenvalue weighted by Crippen LogP contribution is 2.36. The van der Waals surface area contributed by atoms with E-state index in [1.54, 1.807) is 0 Å². The van der Waals surface area contributed by atoms with E-state index in [1.165, 1.54) is 17.5 Å². The van der Waals surface area contributed by atoms with Crippen LogP contribution < -0.4 is 0 Å². The molecule has 0 aliphatic carbocycles. The molecule has 2 saturated heterocycles. The lowest BCUT2D eigenvalue weighted by Gasteiger charge is -2.34. The number of nitrogens with zero attached hydrogens (tertiary/aromatic N) is 2. The summed E-state index contributed by atoms with van der Waals surface area (Å²) in [6.07, 6.45) is 7.60. The third-order valence-corrected chi connectivity index (χ3v) is 5.28. The van der Waals surface area contributed by atoms with Crippen molar-refractivity contribution in [3.8, 4) is 0 Å². The third-order valence-electron chi connectivity index (χ3n) is 5.28. The summed E-state index contributed by atoms with van der Waals surface area (Å²) in [4.78, 5) is 0. The largest absolute Gasteiger partial charge is 0.369 e. The fraction of sp³-hybridized carbons (Fsp3) is 0.409. The molecule has 4 rings (SSSR count). The summed E-state index contributed by atoms with van der Waals surface area (Å²) in [6, 6.07) is 21.7. The second kappa shape index (κ2) is 7.40. The molecule has 2 aliphatic rings. The summed E-state index contributed by atoms with van der Waals surface area (Å²) in [5, 5.41) is 6.95. The van der Waals surface area contributed by atoms with Crippen molar-refractivity contribution in [3.63, 3.8) is 0 Å². The van der Waals surface area contributed by atoms with Crippen molar-refractivity contribution < 1.29 is 4.74 Å². The van der Waals surface area contributed by atoms with Crippen LogP contribution in [0.15, 0.2) is 65.8 Å². The maximum Gasteiger partial charge on any atom is 0.105 e. The Bertz CT molecular complexity index is 692. The van der Waals surface area contributed by atoms with Crippen molar-refractivity contribution in [1.82, 2.24) is 5.01 Å². The van der Waals surface area contributed by atoms with Gasteiger partial charge in [-0.2, -0.15) is 5.10 Å². The van der Waals surface area contributed by atoms with E-state index in [2.05, 4.69) is 71.9 Å². The van der Waals surface area contributed by atoms with E-state index < -0.39 is 0 Å². The number of hydrogen-bond donors (Lipinski definition) is 0. The van der Waals surface area contributed by atoms with E-state index in [-0.39, 0.29) is 5.60 Å². The molecule has 0 amide bonds. The van der Waals surface area contributed by atoms with E-state index in [9.17, 15) is 0 Å². The van der Waals surface area contributed by atoms with Crippen LogP contribution in [0.3, 0.4) is 0 Å². The molecule has 0 radical (unpaired) electrons. The second-order valence-corrected chi connectivity index (χ2v) is 7.15. The van der Waals surface area contributed by atoms with Gasteiger partial charge in [0.15, 0.2) is 0 Å². The van der Waals surface area contributed by atoms with Gasteiger partial charge in [0, 0.05) is 6.61 Å². The summed E-state index contributed by atoms with van der Waals surface area (Å²) in [5.41, 5.74) is 2.53. The molecule has 2 aromatic carbocycles. The van der Waals surface area contributed by atoms with Gasteiger partial charge in [-0.3, -0.25) is 5.01 Å². The Hall–Kier alpha value is -2.13. The zero-order valence-corrected chi connectivity index (χ0v) is 14.7. The summed E-state index contributed by atoms with van der Waals surface area (Å²) in [5.74, 6) is 0. The van der Waals surface area contributed by atoms with Crippen molar-refractivity contribution in [1.29, 1.82) is 0 Å². The Morgan fingerprint density at radius 1 is 1.04 bits per heavy atom. The zero-order valence-electron chi connectivity index (χ0n) is 14.7. The lowest BCUT2D eigenvalue weighted by atomic mass is 9.88.